The number of alkyl halides is 3. The van der Waals surface area contributed by atoms with E-state index in [1.807, 2.05) is 0 Å². The fraction of sp³-hybridized carbons (Fsp3) is 0.353. The van der Waals surface area contributed by atoms with Gasteiger partial charge >= 0.3 is 6.18 Å². The van der Waals surface area contributed by atoms with Crippen LogP contribution in [-0.2, 0) is 22.2 Å². The molecule has 1 aromatic heterocycles. The summed E-state index contributed by atoms with van der Waals surface area (Å²) in [7, 11) is 2.72. The first kappa shape index (κ1) is 21.2. The number of amides is 2. The first-order valence-electron chi connectivity index (χ1n) is 8.07. The number of hydrogen-bond acceptors (Lipinski definition) is 5. The van der Waals surface area contributed by atoms with Crippen LogP contribution in [0.4, 0.5) is 18.9 Å². The summed E-state index contributed by atoms with van der Waals surface area (Å²) in [5.41, 5.74) is -3.31. The Labute approximate surface area is 158 Å². The molecule has 0 fully saturated rings. The molecular formula is C17H19F3N4O4. The maximum Gasteiger partial charge on any atom is 0.425 e. The van der Waals surface area contributed by atoms with Crippen molar-refractivity contribution in [1.29, 1.82) is 0 Å². The van der Waals surface area contributed by atoms with E-state index in [0.29, 0.717) is 0 Å². The van der Waals surface area contributed by atoms with Crippen LogP contribution in [0.1, 0.15) is 12.2 Å². The molecule has 0 aliphatic rings. The number of ether oxygens (including phenoxy) is 1. The first-order chi connectivity index (χ1) is 13.1. The Hall–Kier alpha value is -3.08. The highest BCUT2D eigenvalue weighted by molar-refractivity contribution is 5.91. The second-order valence-corrected chi connectivity index (χ2v) is 5.93. The Kier molecular flexibility index (Phi) is 6.29. The second kappa shape index (κ2) is 8.30. The van der Waals surface area contributed by atoms with Gasteiger partial charge in [-0.05, 0) is 12.1 Å². The third kappa shape index (κ3) is 4.80. The number of nitrogens with one attached hydrogen (secondary N) is 2. The van der Waals surface area contributed by atoms with Crippen molar-refractivity contribution in [2.45, 2.75) is 18.2 Å². The summed E-state index contributed by atoms with van der Waals surface area (Å²) in [6.45, 7) is -0.263. The van der Waals surface area contributed by atoms with Crippen molar-refractivity contribution >= 4 is 17.5 Å². The Bertz CT molecular complexity index is 853. The molecule has 0 saturated carbocycles. The Balaban J connectivity index is 2.14. The summed E-state index contributed by atoms with van der Waals surface area (Å²) in [6, 6.07) is 5.77. The molecule has 0 aliphatic heterocycles. The number of halogens is 3. The normalized spacial score (nSPS) is 13.5. The minimum Gasteiger partial charge on any atom is -0.484 e. The van der Waals surface area contributed by atoms with Crippen LogP contribution in [0.3, 0.4) is 0 Å². The summed E-state index contributed by atoms with van der Waals surface area (Å²) in [5, 5.41) is 14.9. The number of imidazole rings is 1. The van der Waals surface area contributed by atoms with E-state index in [2.05, 4.69) is 15.6 Å². The van der Waals surface area contributed by atoms with Gasteiger partial charge in [0.1, 0.15) is 5.75 Å². The van der Waals surface area contributed by atoms with E-state index < -0.39 is 29.9 Å². The fourth-order valence-electron chi connectivity index (χ4n) is 2.39. The molecule has 0 radical (unpaired) electrons. The van der Waals surface area contributed by atoms with E-state index in [1.54, 1.807) is 0 Å². The van der Waals surface area contributed by atoms with Crippen molar-refractivity contribution in [3.8, 4) is 5.75 Å². The van der Waals surface area contributed by atoms with Gasteiger partial charge in [0.05, 0.1) is 6.42 Å². The van der Waals surface area contributed by atoms with Gasteiger partial charge in [0, 0.05) is 38.2 Å². The fourth-order valence-corrected chi connectivity index (χ4v) is 2.39. The maximum atomic E-state index is 13.5. The lowest BCUT2D eigenvalue weighted by Crippen LogP contribution is -2.46. The summed E-state index contributed by atoms with van der Waals surface area (Å²) in [5.74, 6) is -1.92. The molecule has 3 N–H and O–H groups in total. The largest absolute Gasteiger partial charge is 0.484 e. The summed E-state index contributed by atoms with van der Waals surface area (Å²) in [4.78, 5) is 26.9. The summed E-state index contributed by atoms with van der Waals surface area (Å²) < 4.78 is 46.6. The van der Waals surface area contributed by atoms with Gasteiger partial charge in [-0.25, -0.2) is 4.98 Å². The van der Waals surface area contributed by atoms with E-state index >= 15 is 0 Å². The predicted octanol–water partition coefficient (Wildman–Crippen LogP) is 1.32. The third-order valence-electron chi connectivity index (χ3n) is 3.84. The van der Waals surface area contributed by atoms with E-state index in [-0.39, 0.29) is 24.0 Å². The molecule has 2 amide bonds. The molecule has 11 heteroatoms. The number of nitrogens with zero attached hydrogens (tertiary/aromatic N) is 2. The summed E-state index contributed by atoms with van der Waals surface area (Å²) in [6.07, 6.45) is -4.08. The van der Waals surface area contributed by atoms with E-state index in [0.717, 1.165) is 10.8 Å². The van der Waals surface area contributed by atoms with Crippen molar-refractivity contribution in [3.63, 3.8) is 0 Å². The third-order valence-corrected chi connectivity index (χ3v) is 3.84. The van der Waals surface area contributed by atoms with Crippen molar-refractivity contribution < 1.29 is 32.6 Å². The lowest BCUT2D eigenvalue weighted by Gasteiger charge is -2.29. The number of likely N-dealkylation sites (N-methyl/N-ethyl adjacent to an activating group) is 1. The molecule has 0 saturated heterocycles. The lowest BCUT2D eigenvalue weighted by atomic mass is 9.97. The van der Waals surface area contributed by atoms with Crippen LogP contribution >= 0.6 is 0 Å². The van der Waals surface area contributed by atoms with E-state index in [9.17, 15) is 27.9 Å². The summed E-state index contributed by atoms with van der Waals surface area (Å²) >= 11 is 0. The van der Waals surface area contributed by atoms with Gasteiger partial charge in [-0.15, -0.1) is 0 Å². The molecule has 1 atom stereocenters. The average molecular weight is 400 g/mol. The van der Waals surface area contributed by atoms with Gasteiger partial charge in [0.15, 0.2) is 12.4 Å². The number of carbonyl (C=O) groups is 2. The van der Waals surface area contributed by atoms with Crippen molar-refractivity contribution in [2.24, 2.45) is 7.05 Å². The average Bonchev–Trinajstić information content (AvgIpc) is 3.05. The Morgan fingerprint density at radius 2 is 2.00 bits per heavy atom. The van der Waals surface area contributed by atoms with E-state index in [1.165, 1.54) is 44.6 Å². The predicted molar refractivity (Wildman–Crippen MR) is 92.4 cm³/mol. The van der Waals surface area contributed by atoms with Crippen molar-refractivity contribution in [2.75, 3.05) is 19.0 Å². The van der Waals surface area contributed by atoms with Crippen LogP contribution in [0.2, 0.25) is 0 Å². The quantitative estimate of drug-likeness (QED) is 0.650. The maximum absolute atomic E-state index is 13.5. The number of aryl methyl sites for hydroxylation is 1. The molecule has 1 heterocycles. The number of hydrogen-bond donors (Lipinski definition) is 3. The van der Waals surface area contributed by atoms with Crippen LogP contribution in [0.5, 0.6) is 5.75 Å². The number of carbonyl (C=O) groups excluding carboxylic acids is 2. The minimum atomic E-state index is -5.12. The van der Waals surface area contributed by atoms with Crippen molar-refractivity contribution in [3.05, 3.63) is 42.5 Å². The number of aromatic nitrogens is 2. The number of rotatable bonds is 7. The van der Waals surface area contributed by atoms with Crippen LogP contribution in [-0.4, -0.2) is 46.3 Å². The lowest BCUT2D eigenvalue weighted by molar-refractivity contribution is -0.270. The molecule has 8 nitrogen and oxygen atoms in total. The van der Waals surface area contributed by atoms with Crippen molar-refractivity contribution in [1.82, 2.24) is 14.9 Å². The molecule has 0 bridgehead atoms. The first-order valence-corrected chi connectivity index (χ1v) is 8.07. The zero-order valence-corrected chi connectivity index (χ0v) is 15.1. The molecule has 0 spiro atoms. The van der Waals surface area contributed by atoms with Crippen LogP contribution in [0.15, 0.2) is 36.7 Å². The highest BCUT2D eigenvalue weighted by Crippen LogP contribution is 2.40. The molecule has 0 aliphatic carbocycles. The number of anilines is 1. The van der Waals surface area contributed by atoms with Gasteiger partial charge < -0.3 is 25.0 Å². The molecule has 2 aromatic rings. The molecule has 1 aromatic carbocycles. The smallest absolute Gasteiger partial charge is 0.425 e. The molecule has 28 heavy (non-hydrogen) atoms. The number of aliphatic hydroxyl groups is 1. The second-order valence-electron chi connectivity index (χ2n) is 5.93. The van der Waals surface area contributed by atoms with Crippen LogP contribution in [0, 0.1) is 0 Å². The van der Waals surface area contributed by atoms with Gasteiger partial charge in [-0.3, -0.25) is 9.59 Å². The SMILES string of the molecule is CNC(=O)COc1cccc(NC(=O)CC(O)(c2nccn2C)C(F)(F)F)c1. The van der Waals surface area contributed by atoms with Crippen LogP contribution < -0.4 is 15.4 Å². The monoisotopic (exact) mass is 400 g/mol. The van der Waals surface area contributed by atoms with Gasteiger partial charge in [-0.2, -0.15) is 13.2 Å². The molecule has 152 valence electrons. The van der Waals surface area contributed by atoms with Crippen LogP contribution in [0.25, 0.3) is 0 Å². The van der Waals surface area contributed by atoms with Gasteiger partial charge in [0.25, 0.3) is 5.91 Å². The Morgan fingerprint density at radius 3 is 2.57 bits per heavy atom. The number of benzene rings is 1. The van der Waals surface area contributed by atoms with Gasteiger partial charge in [-0.1, -0.05) is 6.07 Å². The molecule has 2 rings (SSSR count). The highest BCUT2D eigenvalue weighted by Gasteiger charge is 2.58. The topological polar surface area (TPSA) is 105 Å². The molecule has 1 unspecified atom stereocenters. The minimum absolute atomic E-state index is 0.142. The highest BCUT2D eigenvalue weighted by atomic mass is 19.4. The molecular weight excluding hydrogens is 381 g/mol. The zero-order chi connectivity index (χ0) is 20.9. The van der Waals surface area contributed by atoms with E-state index in [4.69, 9.17) is 4.74 Å². The Morgan fingerprint density at radius 1 is 1.29 bits per heavy atom. The standard InChI is InChI=1S/C17H19F3N4O4/c1-21-14(26)10-28-12-5-3-4-11(8-12)23-13(25)9-16(27,17(18,19)20)15-22-6-7-24(15)2/h3-8,27H,9-10H2,1-2H3,(H,21,26)(H,23,25). The van der Waals surface area contributed by atoms with Gasteiger partial charge in [0.2, 0.25) is 11.5 Å². The zero-order valence-electron chi connectivity index (χ0n) is 15.1.